The number of allylic oxidation sites excluding steroid dienone is 1. The molecule has 0 atom stereocenters. The Bertz CT molecular complexity index is 1390. The summed E-state index contributed by atoms with van der Waals surface area (Å²) in [6, 6.07) is 12.6. The lowest BCUT2D eigenvalue weighted by atomic mass is 9.83. The number of carbonyl (C=O) groups excluding carboxylic acids is 2. The van der Waals surface area contributed by atoms with E-state index in [1.54, 1.807) is 12.1 Å². The van der Waals surface area contributed by atoms with Gasteiger partial charge in [0.15, 0.2) is 23.9 Å². The second-order valence-corrected chi connectivity index (χ2v) is 12.2. The molecule has 38 heavy (non-hydrogen) atoms. The van der Waals surface area contributed by atoms with Crippen LogP contribution < -0.4 is 14.4 Å². The summed E-state index contributed by atoms with van der Waals surface area (Å²) in [5.41, 5.74) is 2.68. The number of hydrogen-bond acceptors (Lipinski definition) is 8. The first-order valence-electron chi connectivity index (χ1n) is 12.7. The molecule has 0 N–H and O–H groups in total. The quantitative estimate of drug-likeness (QED) is 0.406. The molecule has 0 spiro atoms. The van der Waals surface area contributed by atoms with Crippen molar-refractivity contribution in [3.05, 3.63) is 59.8 Å². The van der Waals surface area contributed by atoms with E-state index in [2.05, 4.69) is 19.9 Å². The number of nitrogens with zero attached hydrogens (tertiary/aromatic N) is 2. The van der Waals surface area contributed by atoms with E-state index in [0.717, 1.165) is 16.9 Å². The number of piperidine rings is 1. The fourth-order valence-corrected chi connectivity index (χ4v) is 6.86. The van der Waals surface area contributed by atoms with Crippen LogP contribution in [0.25, 0.3) is 0 Å². The number of esters is 1. The molecule has 2 aromatic carbocycles. The number of fused-ring (bicyclic) bond motifs is 2. The number of ketones is 1. The van der Waals surface area contributed by atoms with Gasteiger partial charge >= 0.3 is 5.97 Å². The Morgan fingerprint density at radius 1 is 1.05 bits per heavy atom. The van der Waals surface area contributed by atoms with Gasteiger partial charge < -0.3 is 19.1 Å². The van der Waals surface area contributed by atoms with Crippen molar-refractivity contribution < 1.29 is 32.2 Å². The fourth-order valence-electron chi connectivity index (χ4n) is 5.38. The van der Waals surface area contributed by atoms with E-state index in [4.69, 9.17) is 14.2 Å². The van der Waals surface area contributed by atoms with Gasteiger partial charge in [0, 0.05) is 49.1 Å². The summed E-state index contributed by atoms with van der Waals surface area (Å²) in [5, 5.41) is 0. The number of anilines is 1. The summed E-state index contributed by atoms with van der Waals surface area (Å²) in [6.45, 7) is 4.94. The zero-order valence-electron chi connectivity index (χ0n) is 21.8. The number of para-hydroxylation sites is 1. The van der Waals surface area contributed by atoms with Gasteiger partial charge in [-0.05, 0) is 36.6 Å². The molecule has 9 nitrogen and oxygen atoms in total. The summed E-state index contributed by atoms with van der Waals surface area (Å²) in [6.07, 6.45) is 2.20. The molecule has 1 saturated heterocycles. The van der Waals surface area contributed by atoms with Crippen molar-refractivity contribution in [3.63, 3.8) is 0 Å². The maximum atomic E-state index is 13.1. The normalized spacial score (nSPS) is 20.3. The van der Waals surface area contributed by atoms with Crippen LogP contribution in [-0.2, 0) is 29.8 Å². The molecule has 3 aliphatic rings. The Kier molecular flexibility index (Phi) is 6.96. The second kappa shape index (κ2) is 10.1. The number of sulfonamides is 1. The average molecular weight is 541 g/mol. The Morgan fingerprint density at radius 3 is 2.45 bits per heavy atom. The Labute approximate surface area is 223 Å². The predicted molar refractivity (Wildman–Crippen MR) is 141 cm³/mol. The van der Waals surface area contributed by atoms with E-state index < -0.39 is 21.9 Å². The van der Waals surface area contributed by atoms with Gasteiger partial charge in [-0.15, -0.1) is 0 Å². The van der Waals surface area contributed by atoms with E-state index >= 15 is 0 Å². The topological polar surface area (TPSA) is 102 Å². The largest absolute Gasteiger partial charge is 0.486 e. The maximum Gasteiger partial charge on any atom is 0.309 e. The van der Waals surface area contributed by atoms with Gasteiger partial charge in [0.05, 0.1) is 10.8 Å². The molecule has 3 heterocycles. The predicted octanol–water partition coefficient (Wildman–Crippen LogP) is 3.28. The Morgan fingerprint density at radius 2 is 1.74 bits per heavy atom. The molecule has 0 radical (unpaired) electrons. The first-order chi connectivity index (χ1) is 18.1. The van der Waals surface area contributed by atoms with Gasteiger partial charge in [0.25, 0.3) is 0 Å². The van der Waals surface area contributed by atoms with Crippen molar-refractivity contribution in [3.8, 4) is 11.5 Å². The van der Waals surface area contributed by atoms with Gasteiger partial charge in [-0.2, -0.15) is 4.31 Å². The lowest BCUT2D eigenvalue weighted by Crippen LogP contribution is -2.40. The monoisotopic (exact) mass is 540 g/mol. The minimum atomic E-state index is -3.74. The molecule has 2 aromatic rings. The summed E-state index contributed by atoms with van der Waals surface area (Å²) in [4.78, 5) is 27.5. The van der Waals surface area contributed by atoms with Crippen molar-refractivity contribution in [1.29, 1.82) is 0 Å². The third kappa shape index (κ3) is 4.78. The molecule has 0 unspecified atom stereocenters. The molecule has 0 bridgehead atoms. The number of ether oxygens (including phenoxy) is 3. The fraction of sp³-hybridized carbons (Fsp3) is 0.429. The highest BCUT2D eigenvalue weighted by molar-refractivity contribution is 7.89. The molecule has 202 valence electrons. The molecule has 1 fully saturated rings. The smallest absolute Gasteiger partial charge is 0.309 e. The maximum absolute atomic E-state index is 13.1. The molecule has 0 saturated carbocycles. The second-order valence-electron chi connectivity index (χ2n) is 10.3. The van der Waals surface area contributed by atoms with Crippen LogP contribution >= 0.6 is 0 Å². The zero-order chi connectivity index (χ0) is 27.1. The molecule has 0 aliphatic carbocycles. The van der Waals surface area contributed by atoms with E-state index in [1.165, 1.54) is 16.4 Å². The number of rotatable bonds is 6. The van der Waals surface area contributed by atoms with Crippen LogP contribution in [0.2, 0.25) is 0 Å². The lowest BCUT2D eigenvalue weighted by Gasteiger charge is -2.30. The van der Waals surface area contributed by atoms with Crippen LogP contribution in [0.15, 0.2) is 59.1 Å². The highest BCUT2D eigenvalue weighted by Crippen LogP contribution is 2.46. The molecule has 3 aliphatic heterocycles. The third-order valence-corrected chi connectivity index (χ3v) is 9.43. The lowest BCUT2D eigenvalue weighted by molar-refractivity contribution is -0.152. The van der Waals surface area contributed by atoms with Crippen molar-refractivity contribution in [1.82, 2.24) is 4.31 Å². The summed E-state index contributed by atoms with van der Waals surface area (Å²) in [7, 11) is -1.82. The highest BCUT2D eigenvalue weighted by atomic mass is 32.2. The summed E-state index contributed by atoms with van der Waals surface area (Å²) < 4.78 is 44.0. The van der Waals surface area contributed by atoms with E-state index in [-0.39, 0.29) is 35.8 Å². The molecule has 5 rings (SSSR count). The number of carbonyl (C=O) groups is 2. The van der Waals surface area contributed by atoms with Gasteiger partial charge in [-0.25, -0.2) is 8.42 Å². The van der Waals surface area contributed by atoms with Crippen LogP contribution in [0.5, 0.6) is 11.5 Å². The van der Waals surface area contributed by atoms with Crippen molar-refractivity contribution in [2.75, 3.05) is 44.9 Å². The third-order valence-electron chi connectivity index (χ3n) is 7.53. The van der Waals surface area contributed by atoms with Crippen molar-refractivity contribution >= 4 is 27.5 Å². The Hall–Kier alpha value is -3.37. The van der Waals surface area contributed by atoms with Crippen LogP contribution in [0.1, 0.15) is 32.3 Å². The summed E-state index contributed by atoms with van der Waals surface area (Å²) >= 11 is 0. The van der Waals surface area contributed by atoms with Gasteiger partial charge in [0.2, 0.25) is 10.0 Å². The summed E-state index contributed by atoms with van der Waals surface area (Å²) in [5.74, 6) is -0.298. The van der Waals surface area contributed by atoms with E-state index in [1.807, 2.05) is 30.1 Å². The number of benzene rings is 2. The van der Waals surface area contributed by atoms with Crippen LogP contribution in [0.3, 0.4) is 0 Å². The minimum absolute atomic E-state index is 0.128. The molecule has 0 aromatic heterocycles. The molecular formula is C28H32N2O7S. The van der Waals surface area contributed by atoms with Crippen LogP contribution in [0.4, 0.5) is 5.69 Å². The van der Waals surface area contributed by atoms with E-state index in [9.17, 15) is 18.0 Å². The molecule has 10 heteroatoms. The Balaban J connectivity index is 1.16. The molecule has 0 amide bonds. The van der Waals surface area contributed by atoms with Gasteiger partial charge in [-0.3, -0.25) is 9.59 Å². The highest BCUT2D eigenvalue weighted by Gasteiger charge is 2.39. The standard InChI is InChI=1S/C28H32N2O7S/c1-28(2)22-6-4-5-7-23(22)29(3)26(28)16-20(31)18-37-27(32)19-10-12-30(13-11-19)38(33,34)21-8-9-24-25(17-21)36-15-14-35-24/h4-9,16-17,19H,10-15,18H2,1-3H3/b26-16+. The minimum Gasteiger partial charge on any atom is -0.486 e. The number of likely N-dealkylation sites (N-methyl/N-ethyl adjacent to an activating group) is 1. The van der Waals surface area contributed by atoms with Crippen molar-refractivity contribution in [2.45, 2.75) is 37.0 Å². The first-order valence-corrected chi connectivity index (χ1v) is 14.2. The zero-order valence-corrected chi connectivity index (χ0v) is 22.6. The van der Waals surface area contributed by atoms with Gasteiger partial charge in [-0.1, -0.05) is 32.0 Å². The van der Waals surface area contributed by atoms with E-state index in [0.29, 0.717) is 37.6 Å². The molecular weight excluding hydrogens is 508 g/mol. The average Bonchev–Trinajstić information content (AvgIpc) is 3.12. The number of hydrogen-bond donors (Lipinski definition) is 0. The van der Waals surface area contributed by atoms with Crippen LogP contribution in [-0.4, -0.2) is 64.4 Å². The SMILES string of the molecule is CN1/C(=C/C(=O)COC(=O)C2CCN(S(=O)(=O)c3ccc4c(c3)OCCO4)CC2)C(C)(C)c2ccccc21. The van der Waals surface area contributed by atoms with Gasteiger partial charge in [0.1, 0.15) is 13.2 Å². The first kappa shape index (κ1) is 26.2. The van der Waals surface area contributed by atoms with Crippen molar-refractivity contribution in [2.24, 2.45) is 5.92 Å². The van der Waals surface area contributed by atoms with Crippen LogP contribution in [0, 0.1) is 5.92 Å².